The van der Waals surface area contributed by atoms with Crippen molar-refractivity contribution in [1.82, 2.24) is 0 Å². The topological polar surface area (TPSA) is 42.2 Å². The molecule has 2 aromatic rings. The average Bonchev–Trinajstić information content (AvgIpc) is 2.84. The van der Waals surface area contributed by atoms with Crippen LogP contribution in [0.5, 0.6) is 0 Å². The minimum atomic E-state index is -0.255. The van der Waals surface area contributed by atoms with Crippen LogP contribution in [0.3, 0.4) is 0 Å². The molecule has 1 aromatic carbocycles. The molecule has 1 N–H and O–H groups in total. The first-order valence-electron chi connectivity index (χ1n) is 6.03. The second-order valence-electron chi connectivity index (χ2n) is 5.38. The lowest BCUT2D eigenvalue weighted by molar-refractivity contribution is 0.0996. The van der Waals surface area contributed by atoms with Crippen LogP contribution in [-0.4, -0.2) is 5.91 Å². The molecule has 0 radical (unpaired) electrons. The van der Waals surface area contributed by atoms with Gasteiger partial charge in [0.1, 0.15) is 0 Å². The summed E-state index contributed by atoms with van der Waals surface area (Å²) in [5.41, 5.74) is 2.01. The molecule has 0 bridgehead atoms. The van der Waals surface area contributed by atoms with E-state index >= 15 is 0 Å². The van der Waals surface area contributed by atoms with E-state index in [1.807, 2.05) is 18.2 Å². The van der Waals surface area contributed by atoms with Crippen LogP contribution in [0.2, 0.25) is 0 Å². The Kier molecular flexibility index (Phi) is 3.80. The van der Waals surface area contributed by atoms with Crippen LogP contribution in [0.1, 0.15) is 36.9 Å². The Morgan fingerprint density at radius 1 is 1.26 bits per heavy atom. The van der Waals surface area contributed by atoms with Crippen LogP contribution in [0.25, 0.3) is 0 Å². The molecule has 19 heavy (non-hydrogen) atoms. The van der Waals surface area contributed by atoms with E-state index in [1.165, 1.54) is 11.8 Å². The van der Waals surface area contributed by atoms with Crippen LogP contribution >= 0.6 is 15.9 Å². The molecule has 1 aromatic heterocycles. The number of furan rings is 1. The lowest BCUT2D eigenvalue weighted by atomic mass is 9.87. The van der Waals surface area contributed by atoms with Crippen molar-refractivity contribution in [3.05, 3.63) is 52.4 Å². The van der Waals surface area contributed by atoms with Gasteiger partial charge in [0.05, 0.1) is 12.0 Å². The van der Waals surface area contributed by atoms with Crippen molar-refractivity contribution in [2.24, 2.45) is 0 Å². The Hall–Kier alpha value is -1.55. The van der Waals surface area contributed by atoms with Crippen molar-refractivity contribution in [2.45, 2.75) is 26.2 Å². The van der Waals surface area contributed by atoms with Gasteiger partial charge in [-0.1, -0.05) is 26.8 Å². The standard InChI is InChI=1S/C15H16BrNO2/c1-15(2,3)10-6-7-12(11(16)9-10)17-14(18)13-5-4-8-19-13/h4-9H,1-3H3,(H,17,18). The van der Waals surface area contributed by atoms with Crippen molar-refractivity contribution < 1.29 is 9.21 Å². The third-order valence-electron chi connectivity index (χ3n) is 2.83. The number of carbonyl (C=O) groups excluding carboxylic acids is 1. The predicted octanol–water partition coefficient (Wildman–Crippen LogP) is 4.59. The summed E-state index contributed by atoms with van der Waals surface area (Å²) >= 11 is 3.49. The fourth-order valence-corrected chi connectivity index (χ4v) is 2.15. The van der Waals surface area contributed by atoms with E-state index in [9.17, 15) is 4.79 Å². The lowest BCUT2D eigenvalue weighted by Crippen LogP contribution is -2.13. The third kappa shape index (κ3) is 3.26. The molecule has 1 heterocycles. The number of benzene rings is 1. The summed E-state index contributed by atoms with van der Waals surface area (Å²) < 4.78 is 5.92. The number of carbonyl (C=O) groups is 1. The molecule has 0 aliphatic carbocycles. The number of anilines is 1. The van der Waals surface area contributed by atoms with Gasteiger partial charge in [0.15, 0.2) is 5.76 Å². The van der Waals surface area contributed by atoms with Crippen LogP contribution in [-0.2, 0) is 5.41 Å². The molecule has 0 aliphatic heterocycles. The highest BCUT2D eigenvalue weighted by molar-refractivity contribution is 9.10. The highest BCUT2D eigenvalue weighted by Crippen LogP contribution is 2.30. The lowest BCUT2D eigenvalue weighted by Gasteiger charge is -2.20. The maximum Gasteiger partial charge on any atom is 0.291 e. The van der Waals surface area contributed by atoms with E-state index in [4.69, 9.17) is 4.42 Å². The van der Waals surface area contributed by atoms with Gasteiger partial charge >= 0.3 is 0 Å². The molecule has 1 amide bonds. The van der Waals surface area contributed by atoms with Gasteiger partial charge in [0, 0.05) is 4.47 Å². The summed E-state index contributed by atoms with van der Waals surface area (Å²) in [4.78, 5) is 11.9. The van der Waals surface area contributed by atoms with Crippen LogP contribution in [0.15, 0.2) is 45.5 Å². The van der Waals surface area contributed by atoms with Crippen LogP contribution in [0.4, 0.5) is 5.69 Å². The summed E-state index contributed by atoms with van der Waals surface area (Å²) in [5, 5.41) is 2.81. The quantitative estimate of drug-likeness (QED) is 0.878. The normalized spacial score (nSPS) is 11.4. The number of hydrogen-bond acceptors (Lipinski definition) is 2. The van der Waals surface area contributed by atoms with E-state index in [-0.39, 0.29) is 11.3 Å². The second kappa shape index (κ2) is 5.21. The van der Waals surface area contributed by atoms with Crippen molar-refractivity contribution >= 4 is 27.5 Å². The van der Waals surface area contributed by atoms with Gasteiger partial charge in [0.2, 0.25) is 0 Å². The monoisotopic (exact) mass is 321 g/mol. The Balaban J connectivity index is 2.21. The Bertz CT molecular complexity index is 583. The van der Waals surface area contributed by atoms with Crippen molar-refractivity contribution in [2.75, 3.05) is 5.32 Å². The van der Waals surface area contributed by atoms with Gasteiger partial charge in [-0.2, -0.15) is 0 Å². The van der Waals surface area contributed by atoms with Gasteiger partial charge < -0.3 is 9.73 Å². The Labute approximate surface area is 121 Å². The molecule has 0 aliphatic rings. The number of rotatable bonds is 2. The highest BCUT2D eigenvalue weighted by atomic mass is 79.9. The molecule has 100 valence electrons. The minimum Gasteiger partial charge on any atom is -0.459 e. The molecule has 0 saturated heterocycles. The van der Waals surface area contributed by atoms with Crippen LogP contribution < -0.4 is 5.32 Å². The third-order valence-corrected chi connectivity index (χ3v) is 3.48. The SMILES string of the molecule is CC(C)(C)c1ccc(NC(=O)c2ccco2)c(Br)c1. The maximum atomic E-state index is 11.9. The number of hydrogen-bond donors (Lipinski definition) is 1. The molecule has 0 saturated carbocycles. The largest absolute Gasteiger partial charge is 0.459 e. The van der Waals surface area contributed by atoms with E-state index in [0.29, 0.717) is 5.76 Å². The first kappa shape index (κ1) is 13.9. The number of nitrogens with one attached hydrogen (secondary N) is 1. The summed E-state index contributed by atoms with van der Waals surface area (Å²) in [5.74, 6) is 0.0426. The predicted molar refractivity (Wildman–Crippen MR) is 79.5 cm³/mol. The Morgan fingerprint density at radius 3 is 2.53 bits per heavy atom. The molecule has 3 nitrogen and oxygen atoms in total. The zero-order valence-electron chi connectivity index (χ0n) is 11.2. The van der Waals surface area contributed by atoms with Crippen LogP contribution in [0, 0.1) is 0 Å². The zero-order valence-corrected chi connectivity index (χ0v) is 12.7. The van der Waals surface area contributed by atoms with Crippen molar-refractivity contribution in [3.63, 3.8) is 0 Å². The molecule has 0 unspecified atom stereocenters. The van der Waals surface area contributed by atoms with E-state index in [2.05, 4.69) is 42.0 Å². The first-order chi connectivity index (χ1) is 8.88. The van der Waals surface area contributed by atoms with E-state index in [1.54, 1.807) is 12.1 Å². The fourth-order valence-electron chi connectivity index (χ4n) is 1.67. The molecule has 0 atom stereocenters. The molecule has 0 spiro atoms. The second-order valence-corrected chi connectivity index (χ2v) is 6.23. The van der Waals surface area contributed by atoms with E-state index < -0.39 is 0 Å². The molecule has 4 heteroatoms. The zero-order chi connectivity index (χ0) is 14.0. The number of amides is 1. The van der Waals surface area contributed by atoms with Gasteiger partial charge in [-0.3, -0.25) is 4.79 Å². The van der Waals surface area contributed by atoms with Gasteiger partial charge in [-0.15, -0.1) is 0 Å². The van der Waals surface area contributed by atoms with Crippen molar-refractivity contribution in [3.8, 4) is 0 Å². The Morgan fingerprint density at radius 2 is 2.00 bits per heavy atom. The van der Waals surface area contributed by atoms with Gasteiger partial charge in [-0.05, 0) is 51.2 Å². The average molecular weight is 322 g/mol. The summed E-state index contributed by atoms with van der Waals surface area (Å²) in [6.07, 6.45) is 1.48. The van der Waals surface area contributed by atoms with Crippen molar-refractivity contribution in [1.29, 1.82) is 0 Å². The molecule has 2 rings (SSSR count). The summed E-state index contributed by atoms with van der Waals surface area (Å²) in [7, 11) is 0. The molecular formula is C15H16BrNO2. The fraction of sp³-hybridized carbons (Fsp3) is 0.267. The summed E-state index contributed by atoms with van der Waals surface area (Å²) in [6.45, 7) is 6.45. The smallest absolute Gasteiger partial charge is 0.291 e. The maximum absolute atomic E-state index is 11.9. The summed E-state index contributed by atoms with van der Waals surface area (Å²) in [6, 6.07) is 9.26. The number of halogens is 1. The first-order valence-corrected chi connectivity index (χ1v) is 6.82. The molecule has 0 fully saturated rings. The van der Waals surface area contributed by atoms with E-state index in [0.717, 1.165) is 10.2 Å². The van der Waals surface area contributed by atoms with Gasteiger partial charge in [-0.25, -0.2) is 0 Å². The minimum absolute atomic E-state index is 0.0755. The highest BCUT2D eigenvalue weighted by Gasteiger charge is 2.16. The molecular weight excluding hydrogens is 306 g/mol. The van der Waals surface area contributed by atoms with Gasteiger partial charge in [0.25, 0.3) is 5.91 Å².